The first-order valence-corrected chi connectivity index (χ1v) is 29.1. The molecule has 1 aliphatic rings. The van der Waals surface area contributed by atoms with Crippen LogP contribution >= 0.6 is 0 Å². The van der Waals surface area contributed by atoms with E-state index in [0.717, 1.165) is 45.0 Å². The van der Waals surface area contributed by atoms with E-state index in [4.69, 9.17) is 9.97 Å². The molecule has 1 heterocycles. The Labute approximate surface area is 375 Å². The molecule has 0 radical (unpaired) electrons. The largest absolute Gasteiger partial charge is 0.228 e. The molecule has 0 atom stereocenters. The summed E-state index contributed by atoms with van der Waals surface area (Å²) in [7, 11) is -2.90. The lowest BCUT2D eigenvalue weighted by Crippen LogP contribution is -2.37. The van der Waals surface area contributed by atoms with Gasteiger partial charge in [-0.2, -0.15) is 0 Å². The smallest absolute Gasteiger partial charge is 0.160 e. The van der Waals surface area contributed by atoms with Crippen LogP contribution in [-0.2, 0) is 5.41 Å². The van der Waals surface area contributed by atoms with Crippen molar-refractivity contribution in [3.05, 3.63) is 229 Å². The molecule has 0 fully saturated rings. The molecule has 0 unspecified atom stereocenters. The van der Waals surface area contributed by atoms with Crippen molar-refractivity contribution in [2.24, 2.45) is 0 Å². The minimum absolute atomic E-state index is 0.448. The van der Waals surface area contributed by atoms with Crippen molar-refractivity contribution in [3.63, 3.8) is 0 Å². The van der Waals surface area contributed by atoms with Crippen molar-refractivity contribution in [1.82, 2.24) is 9.97 Å². The number of rotatable bonds is 9. The Balaban J connectivity index is 1.06. The topological polar surface area (TPSA) is 25.8 Å². The molecule has 0 bridgehead atoms. The van der Waals surface area contributed by atoms with Crippen molar-refractivity contribution in [2.45, 2.75) is 44.7 Å². The molecule has 0 N–H and O–H groups in total. The van der Waals surface area contributed by atoms with E-state index in [0.29, 0.717) is 0 Å². The van der Waals surface area contributed by atoms with Gasteiger partial charge in [-0.25, -0.2) is 9.97 Å². The molecule has 0 saturated heterocycles. The summed E-state index contributed by atoms with van der Waals surface area (Å²) in [5, 5.41) is 2.88. The summed E-state index contributed by atoms with van der Waals surface area (Å²) in [6, 6.07) is 76.1. The molecular weight excluding hydrogens is 793 g/mol. The fourth-order valence-electron chi connectivity index (χ4n) is 9.49. The predicted octanol–water partition coefficient (Wildman–Crippen LogP) is 14.3. The summed E-state index contributed by atoms with van der Waals surface area (Å²) in [6.45, 7) is 14.4. The third-order valence-corrected chi connectivity index (χ3v) is 17.1. The predicted molar refractivity (Wildman–Crippen MR) is 272 cm³/mol. The van der Waals surface area contributed by atoms with Gasteiger partial charge in [-0.15, -0.1) is 0 Å². The van der Waals surface area contributed by atoms with Crippen LogP contribution in [0.1, 0.15) is 22.3 Å². The quantitative estimate of drug-likeness (QED) is 0.135. The average Bonchev–Trinajstić information content (AvgIpc) is 3.62. The van der Waals surface area contributed by atoms with Crippen LogP contribution in [-0.4, -0.2) is 26.1 Å². The summed E-state index contributed by atoms with van der Waals surface area (Å²) in [5.41, 5.74) is 17.0. The number of fused-ring (bicyclic) bond motifs is 3. The third kappa shape index (κ3) is 7.43. The SMILES string of the molecule is C[Si](C)(C)c1ccc(-c2cc(-c3ccc([Si](C)(C)C)cc3)nc(-c3cccc(-c4cccc(-c5ccc6c(c5)C(c5ccccc5)(c5ccccc5)c5ccccc5-6)c4)c3)n2)cc1. The van der Waals surface area contributed by atoms with E-state index < -0.39 is 21.6 Å². The van der Waals surface area contributed by atoms with E-state index in [2.05, 4.69) is 246 Å². The van der Waals surface area contributed by atoms with Crippen LogP contribution in [0.4, 0.5) is 0 Å². The second-order valence-corrected chi connectivity index (χ2v) is 29.2. The van der Waals surface area contributed by atoms with Crippen LogP contribution in [0.15, 0.2) is 206 Å². The molecule has 63 heavy (non-hydrogen) atoms. The monoisotopic (exact) mass is 844 g/mol. The lowest BCUT2D eigenvalue weighted by Gasteiger charge is -2.34. The third-order valence-electron chi connectivity index (χ3n) is 12.9. The maximum absolute atomic E-state index is 5.27. The van der Waals surface area contributed by atoms with Gasteiger partial charge in [0.2, 0.25) is 0 Å². The van der Waals surface area contributed by atoms with Gasteiger partial charge in [-0.05, 0) is 79.9 Å². The zero-order chi connectivity index (χ0) is 43.3. The van der Waals surface area contributed by atoms with Gasteiger partial charge >= 0.3 is 0 Å². The summed E-state index contributed by atoms with van der Waals surface area (Å²) in [5.74, 6) is 0.723. The van der Waals surface area contributed by atoms with Crippen LogP contribution in [0.3, 0.4) is 0 Å². The van der Waals surface area contributed by atoms with Crippen LogP contribution in [0.5, 0.6) is 0 Å². The van der Waals surface area contributed by atoms with Crippen molar-refractivity contribution in [1.29, 1.82) is 0 Å². The minimum atomic E-state index is -1.45. The Morgan fingerprint density at radius 3 is 1.24 bits per heavy atom. The van der Waals surface area contributed by atoms with Crippen molar-refractivity contribution < 1.29 is 0 Å². The second-order valence-electron chi connectivity index (χ2n) is 19.1. The van der Waals surface area contributed by atoms with Crippen molar-refractivity contribution in [2.75, 3.05) is 0 Å². The number of benzene rings is 8. The van der Waals surface area contributed by atoms with Gasteiger partial charge in [0.05, 0.1) is 33.0 Å². The zero-order valence-electron chi connectivity index (χ0n) is 37.0. The Bertz CT molecular complexity index is 2990. The summed E-state index contributed by atoms with van der Waals surface area (Å²) < 4.78 is 0. The van der Waals surface area contributed by atoms with Gasteiger partial charge in [0.15, 0.2) is 5.82 Å². The molecule has 4 heteroatoms. The number of hydrogen-bond donors (Lipinski definition) is 0. The van der Waals surface area contributed by atoms with Crippen LogP contribution in [0.2, 0.25) is 39.3 Å². The van der Waals surface area contributed by atoms with Gasteiger partial charge in [-0.3, -0.25) is 0 Å². The van der Waals surface area contributed by atoms with Crippen molar-refractivity contribution >= 4 is 26.5 Å². The minimum Gasteiger partial charge on any atom is -0.228 e. The first-order valence-electron chi connectivity index (χ1n) is 22.1. The molecule has 1 aromatic heterocycles. The Kier molecular flexibility index (Phi) is 10.2. The van der Waals surface area contributed by atoms with Gasteiger partial charge in [-0.1, -0.05) is 232 Å². The highest BCUT2D eigenvalue weighted by atomic mass is 28.3. The number of hydrogen-bond acceptors (Lipinski definition) is 2. The van der Waals surface area contributed by atoms with E-state index >= 15 is 0 Å². The maximum Gasteiger partial charge on any atom is 0.160 e. The van der Waals surface area contributed by atoms with Crippen molar-refractivity contribution in [3.8, 4) is 67.3 Å². The fourth-order valence-corrected chi connectivity index (χ4v) is 11.8. The fraction of sp³-hybridized carbons (Fsp3) is 0.119. The molecule has 0 saturated carbocycles. The molecular formula is C59H52N2Si2. The van der Waals surface area contributed by atoms with E-state index in [9.17, 15) is 0 Å². The summed E-state index contributed by atoms with van der Waals surface area (Å²) >= 11 is 0. The van der Waals surface area contributed by atoms with Gasteiger partial charge in [0.1, 0.15) is 0 Å². The molecule has 0 amide bonds. The van der Waals surface area contributed by atoms with E-state index in [1.807, 2.05) is 0 Å². The molecule has 0 spiro atoms. The summed E-state index contributed by atoms with van der Waals surface area (Å²) in [6.07, 6.45) is 0. The zero-order valence-corrected chi connectivity index (χ0v) is 39.0. The van der Waals surface area contributed by atoms with Gasteiger partial charge < -0.3 is 0 Å². The highest BCUT2D eigenvalue weighted by Crippen LogP contribution is 2.56. The molecule has 9 aromatic rings. The standard InChI is InChI=1S/C59H52N2Si2/c1-62(2,3)50-32-27-41(28-33-50)56-40-57(42-29-34-51(35-30-42)63(4,5)6)61-58(60-56)47-20-16-19-45(38-47)43-17-15-18-44(37-43)46-31-36-53-52-25-13-14-26-54(52)59(55(53)39-46,48-21-9-7-10-22-48)49-23-11-8-12-24-49/h7-40H,1-6H3. The molecule has 0 aliphatic heterocycles. The molecule has 10 rings (SSSR count). The van der Waals surface area contributed by atoms with Crippen LogP contribution < -0.4 is 10.4 Å². The second kappa shape index (κ2) is 15.9. The normalized spacial score (nSPS) is 13.0. The highest BCUT2D eigenvalue weighted by Gasteiger charge is 2.46. The van der Waals surface area contributed by atoms with Crippen LogP contribution in [0, 0.1) is 0 Å². The van der Waals surface area contributed by atoms with Crippen LogP contribution in [0.25, 0.3) is 67.3 Å². The van der Waals surface area contributed by atoms with E-state index in [1.165, 1.54) is 54.9 Å². The molecule has 8 aromatic carbocycles. The first-order chi connectivity index (χ1) is 30.5. The van der Waals surface area contributed by atoms with E-state index in [1.54, 1.807) is 0 Å². The first kappa shape index (κ1) is 40.4. The van der Waals surface area contributed by atoms with E-state index in [-0.39, 0.29) is 0 Å². The lowest BCUT2D eigenvalue weighted by molar-refractivity contribution is 0.769. The van der Waals surface area contributed by atoms with Gasteiger partial charge in [0.25, 0.3) is 0 Å². The molecule has 306 valence electrons. The Morgan fingerprint density at radius 2 is 0.730 bits per heavy atom. The number of nitrogens with zero attached hydrogens (tertiary/aromatic N) is 2. The number of aromatic nitrogens is 2. The summed E-state index contributed by atoms with van der Waals surface area (Å²) in [4.78, 5) is 10.5. The maximum atomic E-state index is 5.27. The average molecular weight is 845 g/mol. The van der Waals surface area contributed by atoms with Gasteiger partial charge in [0, 0.05) is 16.7 Å². The Hall–Kier alpha value is -6.73. The molecule has 2 nitrogen and oxygen atoms in total. The Morgan fingerprint density at radius 1 is 0.317 bits per heavy atom. The molecule has 1 aliphatic carbocycles. The highest BCUT2D eigenvalue weighted by molar-refractivity contribution is 6.89. The lowest BCUT2D eigenvalue weighted by atomic mass is 9.67.